The van der Waals surface area contributed by atoms with E-state index in [0.717, 1.165) is 18.1 Å². The fraction of sp³-hybridized carbons (Fsp3) is 0.333. The van der Waals surface area contributed by atoms with E-state index in [1.165, 1.54) is 5.01 Å². The van der Waals surface area contributed by atoms with Gasteiger partial charge in [-0.1, -0.05) is 19.9 Å². The number of anilines is 1. The van der Waals surface area contributed by atoms with Gasteiger partial charge in [-0.3, -0.25) is 0 Å². The Morgan fingerprint density at radius 2 is 2.25 bits per heavy atom. The highest BCUT2D eigenvalue weighted by Crippen LogP contribution is 2.19. The fourth-order valence-electron chi connectivity index (χ4n) is 1.32. The van der Waals surface area contributed by atoms with E-state index in [-0.39, 0.29) is 0 Å². The van der Waals surface area contributed by atoms with Crippen molar-refractivity contribution in [2.24, 2.45) is 0 Å². The van der Waals surface area contributed by atoms with Crippen LogP contribution >= 0.6 is 11.3 Å². The van der Waals surface area contributed by atoms with Crippen LogP contribution in [-0.2, 0) is 6.54 Å². The summed E-state index contributed by atoms with van der Waals surface area (Å²) in [5, 5.41) is 6.54. The van der Waals surface area contributed by atoms with E-state index in [1.54, 1.807) is 17.5 Å². The lowest BCUT2D eigenvalue weighted by Gasteiger charge is -2.02. The van der Waals surface area contributed by atoms with E-state index < -0.39 is 0 Å². The molecule has 0 aliphatic carbocycles. The number of hydrogen-bond acceptors (Lipinski definition) is 4. The second kappa shape index (κ2) is 5.07. The zero-order valence-electron chi connectivity index (χ0n) is 9.47. The van der Waals surface area contributed by atoms with E-state index in [1.807, 2.05) is 18.2 Å². The zero-order valence-corrected chi connectivity index (χ0v) is 10.3. The van der Waals surface area contributed by atoms with Gasteiger partial charge in [-0.15, -0.1) is 11.3 Å². The van der Waals surface area contributed by atoms with E-state index in [2.05, 4.69) is 34.5 Å². The molecule has 0 fully saturated rings. The van der Waals surface area contributed by atoms with Crippen LogP contribution in [0, 0.1) is 0 Å². The Morgan fingerprint density at radius 3 is 2.88 bits per heavy atom. The van der Waals surface area contributed by atoms with Crippen molar-refractivity contribution < 1.29 is 0 Å². The average Bonchev–Trinajstić information content (AvgIpc) is 2.76. The smallest absolute Gasteiger partial charge is 0.126 e. The van der Waals surface area contributed by atoms with Crippen molar-refractivity contribution >= 4 is 17.2 Å². The quantitative estimate of drug-likeness (QED) is 0.880. The molecule has 0 bridgehead atoms. The van der Waals surface area contributed by atoms with Crippen molar-refractivity contribution in [3.8, 4) is 0 Å². The molecule has 2 rings (SSSR count). The van der Waals surface area contributed by atoms with Crippen LogP contribution in [0.4, 0.5) is 5.82 Å². The van der Waals surface area contributed by atoms with Crippen LogP contribution in [0.2, 0.25) is 0 Å². The normalized spacial score (nSPS) is 10.7. The summed E-state index contributed by atoms with van der Waals surface area (Å²) >= 11 is 1.72. The molecule has 0 amide bonds. The van der Waals surface area contributed by atoms with Gasteiger partial charge < -0.3 is 5.32 Å². The van der Waals surface area contributed by atoms with Crippen LogP contribution in [-0.4, -0.2) is 9.97 Å². The molecule has 0 aliphatic rings. The Bertz CT molecular complexity index is 437. The molecule has 0 radical (unpaired) electrons. The van der Waals surface area contributed by atoms with Gasteiger partial charge in [0.15, 0.2) is 0 Å². The van der Waals surface area contributed by atoms with Crippen molar-refractivity contribution in [2.75, 3.05) is 5.32 Å². The molecule has 16 heavy (non-hydrogen) atoms. The summed E-state index contributed by atoms with van der Waals surface area (Å²) in [5.74, 6) is 1.40. The number of pyridine rings is 1. The number of nitrogens with zero attached hydrogens (tertiary/aromatic N) is 2. The third-order valence-electron chi connectivity index (χ3n) is 2.18. The van der Waals surface area contributed by atoms with Gasteiger partial charge in [0.05, 0.1) is 17.2 Å². The largest absolute Gasteiger partial charge is 0.364 e. The third-order valence-corrected chi connectivity index (χ3v) is 3.37. The molecule has 0 aromatic carbocycles. The molecule has 0 atom stereocenters. The second-order valence-corrected chi connectivity index (χ2v) is 4.79. The first-order valence-corrected chi connectivity index (χ1v) is 6.23. The highest BCUT2D eigenvalue weighted by Gasteiger charge is 2.05. The minimum absolute atomic E-state index is 0.508. The first-order chi connectivity index (χ1) is 7.75. The minimum atomic E-state index is 0.508. The summed E-state index contributed by atoms with van der Waals surface area (Å²) in [7, 11) is 0. The van der Waals surface area contributed by atoms with Gasteiger partial charge in [0.1, 0.15) is 5.82 Å². The van der Waals surface area contributed by atoms with Gasteiger partial charge >= 0.3 is 0 Å². The van der Waals surface area contributed by atoms with E-state index in [0.29, 0.717) is 5.92 Å². The topological polar surface area (TPSA) is 37.8 Å². The van der Waals surface area contributed by atoms with Gasteiger partial charge in [-0.2, -0.15) is 0 Å². The Labute approximate surface area is 99.6 Å². The van der Waals surface area contributed by atoms with Crippen molar-refractivity contribution in [3.63, 3.8) is 0 Å². The summed E-state index contributed by atoms with van der Waals surface area (Å²) in [6, 6.07) is 5.83. The third kappa shape index (κ3) is 2.79. The highest BCUT2D eigenvalue weighted by molar-refractivity contribution is 7.09. The summed E-state index contributed by atoms with van der Waals surface area (Å²) in [4.78, 5) is 8.75. The molecule has 2 heterocycles. The molecule has 3 nitrogen and oxygen atoms in total. The SMILES string of the molecule is CC(C)c1nc(CNc2ccccn2)cs1. The predicted molar refractivity (Wildman–Crippen MR) is 67.8 cm³/mol. The molecule has 0 spiro atoms. The summed E-state index contributed by atoms with van der Waals surface area (Å²) in [6.45, 7) is 5.06. The molecule has 2 aromatic heterocycles. The summed E-state index contributed by atoms with van der Waals surface area (Å²) in [6.07, 6.45) is 1.78. The number of rotatable bonds is 4. The maximum Gasteiger partial charge on any atom is 0.126 e. The molecular formula is C12H15N3S. The van der Waals surface area contributed by atoms with Crippen molar-refractivity contribution in [1.29, 1.82) is 0 Å². The zero-order chi connectivity index (χ0) is 11.4. The van der Waals surface area contributed by atoms with E-state index >= 15 is 0 Å². The molecule has 0 saturated heterocycles. The minimum Gasteiger partial charge on any atom is -0.364 e. The van der Waals surface area contributed by atoms with Crippen LogP contribution in [0.1, 0.15) is 30.5 Å². The Kier molecular flexibility index (Phi) is 3.51. The lowest BCUT2D eigenvalue weighted by molar-refractivity contribution is 0.840. The Balaban J connectivity index is 1.95. The van der Waals surface area contributed by atoms with E-state index in [4.69, 9.17) is 0 Å². The number of thiazole rings is 1. The fourth-order valence-corrected chi connectivity index (χ4v) is 2.15. The molecule has 0 aliphatic heterocycles. The monoisotopic (exact) mass is 233 g/mol. The lowest BCUT2D eigenvalue weighted by atomic mass is 10.2. The van der Waals surface area contributed by atoms with Crippen LogP contribution in [0.25, 0.3) is 0 Å². The van der Waals surface area contributed by atoms with Gasteiger partial charge in [-0.05, 0) is 12.1 Å². The van der Waals surface area contributed by atoms with Crippen LogP contribution < -0.4 is 5.32 Å². The van der Waals surface area contributed by atoms with Crippen LogP contribution in [0.5, 0.6) is 0 Å². The van der Waals surface area contributed by atoms with Crippen molar-refractivity contribution in [3.05, 3.63) is 40.5 Å². The molecular weight excluding hydrogens is 218 g/mol. The molecule has 84 valence electrons. The summed E-state index contributed by atoms with van der Waals surface area (Å²) < 4.78 is 0. The molecule has 0 saturated carbocycles. The van der Waals surface area contributed by atoms with Gasteiger partial charge in [0.2, 0.25) is 0 Å². The predicted octanol–water partition coefficient (Wildman–Crippen LogP) is 3.27. The molecule has 4 heteroatoms. The lowest BCUT2D eigenvalue weighted by Crippen LogP contribution is -2.01. The number of nitrogens with one attached hydrogen (secondary N) is 1. The number of aromatic nitrogens is 2. The summed E-state index contributed by atoms with van der Waals surface area (Å²) in [5.41, 5.74) is 1.08. The molecule has 1 N–H and O–H groups in total. The van der Waals surface area contributed by atoms with Crippen molar-refractivity contribution in [1.82, 2.24) is 9.97 Å². The van der Waals surface area contributed by atoms with Gasteiger partial charge in [0.25, 0.3) is 0 Å². The van der Waals surface area contributed by atoms with Crippen LogP contribution in [0.3, 0.4) is 0 Å². The maximum atomic E-state index is 4.55. The van der Waals surface area contributed by atoms with Crippen LogP contribution in [0.15, 0.2) is 29.8 Å². The van der Waals surface area contributed by atoms with Gasteiger partial charge in [0, 0.05) is 17.5 Å². The average molecular weight is 233 g/mol. The Morgan fingerprint density at radius 1 is 1.38 bits per heavy atom. The van der Waals surface area contributed by atoms with Crippen molar-refractivity contribution in [2.45, 2.75) is 26.3 Å². The Hall–Kier alpha value is -1.42. The maximum absolute atomic E-state index is 4.55. The standard InChI is InChI=1S/C12H15N3S/c1-9(2)12-15-10(8-16-12)7-14-11-5-3-4-6-13-11/h3-6,8-9H,7H2,1-2H3,(H,13,14). The number of hydrogen-bond donors (Lipinski definition) is 1. The second-order valence-electron chi connectivity index (χ2n) is 3.90. The first kappa shape index (κ1) is 11.1. The molecule has 0 unspecified atom stereocenters. The molecule has 2 aromatic rings. The van der Waals surface area contributed by atoms with E-state index in [9.17, 15) is 0 Å². The van der Waals surface area contributed by atoms with Gasteiger partial charge in [-0.25, -0.2) is 9.97 Å². The highest BCUT2D eigenvalue weighted by atomic mass is 32.1. The first-order valence-electron chi connectivity index (χ1n) is 5.35.